The minimum atomic E-state index is -0.435. The summed E-state index contributed by atoms with van der Waals surface area (Å²) < 4.78 is 7.75. The molecule has 2 fully saturated rings. The van der Waals surface area contributed by atoms with Gasteiger partial charge in [0.1, 0.15) is 12.2 Å². The van der Waals surface area contributed by atoms with Crippen LogP contribution < -0.4 is 5.32 Å². The number of amides is 1. The lowest BCUT2D eigenvalue weighted by molar-refractivity contribution is -0.139. The first-order valence-electron chi connectivity index (χ1n) is 14.8. The Morgan fingerprint density at radius 1 is 1.15 bits per heavy atom. The fourth-order valence-electron chi connectivity index (χ4n) is 6.65. The van der Waals surface area contributed by atoms with Gasteiger partial charge in [-0.3, -0.25) is 29.0 Å². The second-order valence-electron chi connectivity index (χ2n) is 11.9. The molecule has 3 aromatic rings. The zero-order valence-corrected chi connectivity index (χ0v) is 24.1. The van der Waals surface area contributed by atoms with E-state index in [9.17, 15) is 14.4 Å². The molecule has 6 rings (SSSR count). The predicted octanol–water partition coefficient (Wildman–Crippen LogP) is 3.63. The molecule has 3 atom stereocenters. The molecule has 2 bridgehead atoms. The van der Waals surface area contributed by atoms with Crippen molar-refractivity contribution in [3.05, 3.63) is 41.5 Å². The molecule has 1 amide bonds. The fraction of sp³-hybridized carbons (Fsp3) is 0.548. The van der Waals surface area contributed by atoms with Crippen LogP contribution in [-0.2, 0) is 27.4 Å². The number of hydrogen-bond acceptors (Lipinski definition) is 8. The van der Waals surface area contributed by atoms with Crippen LogP contribution in [0.4, 0.5) is 0 Å². The van der Waals surface area contributed by atoms with Gasteiger partial charge in [0.15, 0.2) is 11.6 Å². The SMILES string of the molecule is CCC(=O)[C@@H]1C[C@]23COCCCCCNCc4cc(-c5cnc(C)cn5)cc5c(C(C)=O)nn(c45)CC(=O)N1[C@@H]2C3. The lowest BCUT2D eigenvalue weighted by atomic mass is 9.97. The number of ether oxygens (including phenoxy) is 1. The van der Waals surface area contributed by atoms with Crippen LogP contribution in [0.15, 0.2) is 24.5 Å². The third-order valence-electron chi connectivity index (χ3n) is 8.89. The quantitative estimate of drug-likeness (QED) is 0.482. The van der Waals surface area contributed by atoms with E-state index >= 15 is 0 Å². The van der Waals surface area contributed by atoms with Crippen molar-refractivity contribution in [3.8, 4) is 11.3 Å². The number of nitrogens with one attached hydrogen (secondary N) is 1. The second-order valence-corrected chi connectivity index (χ2v) is 11.9. The van der Waals surface area contributed by atoms with E-state index in [0.29, 0.717) is 49.4 Å². The molecule has 1 saturated heterocycles. The van der Waals surface area contributed by atoms with Crippen LogP contribution in [0.5, 0.6) is 0 Å². The van der Waals surface area contributed by atoms with E-state index in [-0.39, 0.29) is 35.5 Å². The van der Waals surface area contributed by atoms with Gasteiger partial charge in [0, 0.05) is 55.1 Å². The molecule has 2 aromatic heterocycles. The highest BCUT2D eigenvalue weighted by Crippen LogP contribution is 2.60. The first-order valence-corrected chi connectivity index (χ1v) is 14.8. The van der Waals surface area contributed by atoms with Gasteiger partial charge in [-0.15, -0.1) is 0 Å². The molecular weight excluding hydrogens is 520 g/mol. The van der Waals surface area contributed by atoms with Crippen LogP contribution in [-0.4, -0.2) is 74.0 Å². The summed E-state index contributed by atoms with van der Waals surface area (Å²) in [4.78, 5) is 50.6. The van der Waals surface area contributed by atoms with E-state index in [1.807, 2.05) is 24.8 Å². The number of carbonyl (C=O) groups excluding carboxylic acids is 3. The van der Waals surface area contributed by atoms with Crippen LogP contribution >= 0.6 is 0 Å². The van der Waals surface area contributed by atoms with Crippen LogP contribution in [0.2, 0.25) is 0 Å². The maximum atomic E-state index is 14.0. The number of aromatic nitrogens is 4. The molecule has 3 aliphatic rings. The van der Waals surface area contributed by atoms with E-state index in [1.54, 1.807) is 17.1 Å². The number of carbonyl (C=O) groups is 3. The molecule has 1 aromatic carbocycles. The zero-order valence-electron chi connectivity index (χ0n) is 24.1. The highest BCUT2D eigenvalue weighted by molar-refractivity contribution is 6.07. The molecule has 1 aliphatic carbocycles. The van der Waals surface area contributed by atoms with Gasteiger partial charge >= 0.3 is 0 Å². The molecular formula is C31H38N6O4. The minimum Gasteiger partial charge on any atom is -0.381 e. The Kier molecular flexibility index (Phi) is 7.46. The van der Waals surface area contributed by atoms with Crippen LogP contribution in [0.1, 0.15) is 74.1 Å². The van der Waals surface area contributed by atoms with E-state index in [1.165, 1.54) is 6.92 Å². The summed E-state index contributed by atoms with van der Waals surface area (Å²) in [6.45, 7) is 7.86. The molecule has 0 radical (unpaired) electrons. The Hall–Kier alpha value is -3.50. The number of benzene rings is 1. The van der Waals surface area contributed by atoms with E-state index in [4.69, 9.17) is 9.84 Å². The Morgan fingerprint density at radius 2 is 2.00 bits per heavy atom. The summed E-state index contributed by atoms with van der Waals surface area (Å²) in [5, 5.41) is 8.93. The molecule has 10 nitrogen and oxygen atoms in total. The number of ketones is 2. The Balaban J connectivity index is 1.44. The Bertz CT molecular complexity index is 1500. The first-order chi connectivity index (χ1) is 19.8. The average molecular weight is 559 g/mol. The molecule has 0 spiro atoms. The molecule has 1 N–H and O–H groups in total. The fourth-order valence-corrected chi connectivity index (χ4v) is 6.65. The van der Waals surface area contributed by atoms with Crippen molar-refractivity contribution in [2.75, 3.05) is 19.8 Å². The Morgan fingerprint density at radius 3 is 2.76 bits per heavy atom. The number of Topliss-reactive ketones (excluding diaryl/α,β-unsaturated/α-hetero) is 2. The van der Waals surface area contributed by atoms with Gasteiger partial charge in [-0.25, -0.2) is 0 Å². The van der Waals surface area contributed by atoms with Crippen LogP contribution in [0.3, 0.4) is 0 Å². The highest BCUT2D eigenvalue weighted by Gasteiger charge is 2.66. The number of nitrogens with zero attached hydrogens (tertiary/aromatic N) is 5. The first kappa shape index (κ1) is 27.7. The van der Waals surface area contributed by atoms with Crippen molar-refractivity contribution in [2.45, 2.75) is 84.5 Å². The van der Waals surface area contributed by atoms with Crippen molar-refractivity contribution < 1.29 is 19.1 Å². The summed E-state index contributed by atoms with van der Waals surface area (Å²) >= 11 is 0. The molecule has 1 saturated carbocycles. The maximum Gasteiger partial charge on any atom is 0.245 e. The number of aryl methyl sites for hydroxylation is 1. The van der Waals surface area contributed by atoms with Gasteiger partial charge in [-0.05, 0) is 63.3 Å². The lowest BCUT2D eigenvalue weighted by Crippen LogP contribution is -2.44. The maximum absolute atomic E-state index is 14.0. The van der Waals surface area contributed by atoms with Gasteiger partial charge in [0.05, 0.1) is 35.8 Å². The van der Waals surface area contributed by atoms with Gasteiger partial charge in [0.2, 0.25) is 5.91 Å². The molecule has 2 aliphatic heterocycles. The summed E-state index contributed by atoms with van der Waals surface area (Å²) in [6, 6.07) is 3.55. The standard InChI is InChI=1S/C31H38N6O4/c1-4-26(39)25-12-31-13-27(31)37(25)28(40)17-36-30-22(15-32-8-6-5-7-9-41-18-31)10-21(24-16-33-19(2)14-34-24)11-23(30)29(35-36)20(3)38/h10-11,14,16,25,27,32H,4-9,12-13,15,17-18H2,1-3H3/t25-,27+,31-/m0/s1. The van der Waals surface area contributed by atoms with Gasteiger partial charge in [0.25, 0.3) is 0 Å². The molecule has 41 heavy (non-hydrogen) atoms. The summed E-state index contributed by atoms with van der Waals surface area (Å²) in [7, 11) is 0. The number of rotatable bonds is 4. The molecule has 4 heterocycles. The van der Waals surface area contributed by atoms with Crippen molar-refractivity contribution in [1.82, 2.24) is 30.0 Å². The predicted molar refractivity (Wildman–Crippen MR) is 153 cm³/mol. The summed E-state index contributed by atoms with van der Waals surface area (Å²) in [6.07, 6.45) is 8.40. The van der Waals surface area contributed by atoms with Gasteiger partial charge in [-0.2, -0.15) is 5.10 Å². The third kappa shape index (κ3) is 5.19. The Labute approximate surface area is 239 Å². The smallest absolute Gasteiger partial charge is 0.245 e. The van der Waals surface area contributed by atoms with Crippen LogP contribution in [0.25, 0.3) is 22.2 Å². The van der Waals surface area contributed by atoms with Crippen molar-refractivity contribution in [1.29, 1.82) is 0 Å². The monoisotopic (exact) mass is 558 g/mol. The zero-order chi connectivity index (χ0) is 28.7. The average Bonchev–Trinajstić information content (AvgIpc) is 3.36. The van der Waals surface area contributed by atoms with E-state index in [2.05, 4.69) is 21.4 Å². The second kappa shape index (κ2) is 11.1. The minimum absolute atomic E-state index is 0.00754. The molecule has 216 valence electrons. The molecule has 10 heteroatoms. The van der Waals surface area contributed by atoms with Gasteiger partial charge in [-0.1, -0.05) is 6.92 Å². The highest BCUT2D eigenvalue weighted by atomic mass is 16.5. The third-order valence-corrected chi connectivity index (χ3v) is 8.89. The van der Waals surface area contributed by atoms with E-state index < -0.39 is 6.04 Å². The van der Waals surface area contributed by atoms with Crippen molar-refractivity contribution in [3.63, 3.8) is 0 Å². The number of hydrogen-bond donors (Lipinski definition) is 1. The lowest BCUT2D eigenvalue weighted by Gasteiger charge is -2.26. The van der Waals surface area contributed by atoms with Crippen molar-refractivity contribution >= 4 is 28.4 Å². The topological polar surface area (TPSA) is 119 Å². The summed E-state index contributed by atoms with van der Waals surface area (Å²) in [5.41, 5.74) is 4.25. The largest absolute Gasteiger partial charge is 0.381 e. The summed E-state index contributed by atoms with van der Waals surface area (Å²) in [5.74, 6) is -0.229. The number of piperidine rings is 1. The van der Waals surface area contributed by atoms with Crippen molar-refractivity contribution in [2.24, 2.45) is 5.41 Å². The van der Waals surface area contributed by atoms with Gasteiger partial charge < -0.3 is 15.0 Å². The normalized spacial score (nSPS) is 25.1. The van der Waals surface area contributed by atoms with Crippen LogP contribution in [0, 0.1) is 12.3 Å². The van der Waals surface area contributed by atoms with E-state index in [0.717, 1.165) is 54.6 Å². The molecule has 0 unspecified atom stereocenters.